The van der Waals surface area contributed by atoms with Crippen LogP contribution in [-0.4, -0.2) is 124 Å². The van der Waals surface area contributed by atoms with Gasteiger partial charge in [0.25, 0.3) is 0 Å². The number of carbonyl (C=O) groups is 8. The summed E-state index contributed by atoms with van der Waals surface area (Å²) in [5.41, 5.74) is -10.1. The summed E-state index contributed by atoms with van der Waals surface area (Å²) in [5, 5.41) is 13.4. The zero-order chi connectivity index (χ0) is 42.6. The highest BCUT2D eigenvalue weighted by molar-refractivity contribution is 5.91. The van der Waals surface area contributed by atoms with Gasteiger partial charge >= 0.3 is 47.8 Å². The van der Waals surface area contributed by atoms with Crippen molar-refractivity contribution in [3.05, 3.63) is 29.6 Å². The van der Waals surface area contributed by atoms with E-state index in [2.05, 4.69) is 4.98 Å². The zero-order valence-corrected chi connectivity index (χ0v) is 33.2. The minimum Gasteiger partial charge on any atom is -0.465 e. The lowest BCUT2D eigenvalue weighted by atomic mass is 9.45. The van der Waals surface area contributed by atoms with Gasteiger partial charge in [0.1, 0.15) is 42.0 Å². The number of aromatic nitrogens is 1. The van der Waals surface area contributed by atoms with Gasteiger partial charge in [0.2, 0.25) is 0 Å². The van der Waals surface area contributed by atoms with Crippen molar-refractivity contribution in [1.82, 2.24) is 4.98 Å². The largest absolute Gasteiger partial charge is 0.465 e. The highest BCUT2D eigenvalue weighted by atomic mass is 16.7. The minimum atomic E-state index is -2.82. The number of fused-ring (bicyclic) bond motifs is 5. The van der Waals surface area contributed by atoms with Gasteiger partial charge in [-0.05, 0) is 26.0 Å². The maximum absolute atomic E-state index is 14.3. The monoisotopic (exact) mass is 805 g/mol. The standard InChI is InChI=1S/C38H47NO18/c1-16-17(2)33(46)56-30-28(52-20(5)42)32(55-23(8)45)37(15-49-18(3)40)31(54-22(7)44)27(51-19(4)41)25-29(53-21(6)43)38(37,36(30,10)48)57-35(25,9)14-50-34(47)24-12-11-13-39-26(16)24/h11-13,16-17,25,27-32,48H,14-15H2,1-10H3/t16-,17+,25+,27-,28-,29-,30-,31+,32-,35+,36+,37+,38-/m1/s1. The number of esters is 8. The van der Waals surface area contributed by atoms with Crippen LogP contribution in [0.25, 0.3) is 0 Å². The van der Waals surface area contributed by atoms with E-state index in [1.807, 2.05) is 0 Å². The van der Waals surface area contributed by atoms with Crippen molar-refractivity contribution in [1.29, 1.82) is 0 Å². The molecule has 3 heterocycles. The molecule has 1 saturated heterocycles. The third-order valence-corrected chi connectivity index (χ3v) is 11.4. The van der Waals surface area contributed by atoms with E-state index < -0.39 is 138 Å². The average molecular weight is 806 g/mol. The molecule has 1 aromatic rings. The number of carbonyl (C=O) groups excluding carboxylic acids is 8. The summed E-state index contributed by atoms with van der Waals surface area (Å²) in [5.74, 6) is -11.6. The van der Waals surface area contributed by atoms with Crippen LogP contribution in [0.3, 0.4) is 0 Å². The van der Waals surface area contributed by atoms with Gasteiger partial charge in [0.05, 0.1) is 23.1 Å². The van der Waals surface area contributed by atoms with Crippen LogP contribution in [0.5, 0.6) is 0 Å². The molecule has 1 spiro atoms. The van der Waals surface area contributed by atoms with E-state index in [0.29, 0.717) is 0 Å². The Hall–Kier alpha value is -5.17. The van der Waals surface area contributed by atoms with Crippen molar-refractivity contribution in [2.75, 3.05) is 13.2 Å². The summed E-state index contributed by atoms with van der Waals surface area (Å²) in [7, 11) is 0. The molecule has 5 rings (SSSR count). The van der Waals surface area contributed by atoms with Crippen molar-refractivity contribution < 1.29 is 86.1 Å². The van der Waals surface area contributed by atoms with Crippen molar-refractivity contribution >= 4 is 47.8 Å². The number of ether oxygens (including phenoxy) is 9. The van der Waals surface area contributed by atoms with E-state index in [1.165, 1.54) is 32.2 Å². The highest BCUT2D eigenvalue weighted by Gasteiger charge is 2.92. The molecule has 2 saturated carbocycles. The molecule has 0 aromatic carbocycles. The maximum Gasteiger partial charge on any atom is 0.340 e. The fourth-order valence-electron chi connectivity index (χ4n) is 9.25. The predicted molar refractivity (Wildman–Crippen MR) is 185 cm³/mol. The molecule has 1 N–H and O–H groups in total. The van der Waals surface area contributed by atoms with Gasteiger partial charge in [-0.3, -0.25) is 38.5 Å². The van der Waals surface area contributed by atoms with Gasteiger partial charge in [0.15, 0.2) is 30.0 Å². The van der Waals surface area contributed by atoms with Gasteiger partial charge in [-0.2, -0.15) is 0 Å². The van der Waals surface area contributed by atoms with Gasteiger partial charge < -0.3 is 47.7 Å². The Bertz CT molecular complexity index is 1860. The maximum atomic E-state index is 14.3. The average Bonchev–Trinajstić information content (AvgIpc) is 3.32. The molecule has 2 aliphatic heterocycles. The number of aliphatic hydroxyl groups is 1. The Morgan fingerprint density at radius 2 is 1.30 bits per heavy atom. The lowest BCUT2D eigenvalue weighted by Crippen LogP contribution is -2.89. The highest BCUT2D eigenvalue weighted by Crippen LogP contribution is 2.70. The molecule has 19 nitrogen and oxygen atoms in total. The lowest BCUT2D eigenvalue weighted by Gasteiger charge is -2.67. The molecule has 0 radical (unpaired) electrons. The van der Waals surface area contributed by atoms with Crippen LogP contribution in [0.15, 0.2) is 18.3 Å². The first-order chi connectivity index (χ1) is 26.5. The number of nitrogens with zero attached hydrogens (tertiary/aromatic N) is 1. The SMILES string of the molecule is CC(=O)OC[C@]12[C@H](OC(C)=O)[C@H](OC(C)=O)[C@H]3OC(=O)[C@@H](C)[C@@H](C)c4ncccc4C(=O)OC[C@]4(C)O[C@]1([C@H](OC(C)=O)[C@@H]4[C@@H](OC(C)=O)[C@@H]2OC(C)=O)[C@@]3(C)O. The Balaban J connectivity index is 2.01. The minimum absolute atomic E-state index is 0.0422. The fraction of sp³-hybridized carbons (Fsp3) is 0.658. The summed E-state index contributed by atoms with van der Waals surface area (Å²) < 4.78 is 54.3. The number of hydrogen-bond donors (Lipinski definition) is 1. The molecule has 57 heavy (non-hydrogen) atoms. The molecule has 4 aliphatic rings. The third-order valence-electron chi connectivity index (χ3n) is 11.4. The molecule has 0 amide bonds. The van der Waals surface area contributed by atoms with Crippen LogP contribution in [0.2, 0.25) is 0 Å². The molecule has 13 atom stereocenters. The van der Waals surface area contributed by atoms with Crippen molar-refractivity contribution in [2.24, 2.45) is 17.3 Å². The molecule has 4 bridgehead atoms. The summed E-state index contributed by atoms with van der Waals surface area (Å²) >= 11 is 0. The quantitative estimate of drug-likeness (QED) is 0.298. The first-order valence-electron chi connectivity index (χ1n) is 18.2. The van der Waals surface area contributed by atoms with Crippen LogP contribution in [-0.2, 0) is 76.2 Å². The molecule has 2 aliphatic carbocycles. The number of cyclic esters (lactones) is 1. The lowest BCUT2D eigenvalue weighted by molar-refractivity contribution is -0.387. The van der Waals surface area contributed by atoms with E-state index in [-0.39, 0.29) is 11.3 Å². The van der Waals surface area contributed by atoms with E-state index in [9.17, 15) is 43.5 Å². The Morgan fingerprint density at radius 1 is 0.772 bits per heavy atom. The molecule has 1 aromatic heterocycles. The van der Waals surface area contributed by atoms with E-state index in [0.717, 1.165) is 48.5 Å². The number of rotatable bonds is 7. The molecule has 19 heteroatoms. The summed E-state index contributed by atoms with van der Waals surface area (Å²) in [4.78, 5) is 111. The van der Waals surface area contributed by atoms with Crippen LogP contribution in [0, 0.1) is 17.3 Å². The fourth-order valence-corrected chi connectivity index (χ4v) is 9.25. The second kappa shape index (κ2) is 15.3. The summed E-state index contributed by atoms with van der Waals surface area (Å²) in [6.45, 7) is 9.67. The van der Waals surface area contributed by atoms with E-state index >= 15 is 0 Å². The van der Waals surface area contributed by atoms with Crippen molar-refractivity contribution in [2.45, 2.75) is 129 Å². The zero-order valence-electron chi connectivity index (χ0n) is 33.2. The number of hydrogen-bond acceptors (Lipinski definition) is 19. The molecular formula is C38H47NO18. The molecular weight excluding hydrogens is 758 g/mol. The summed E-state index contributed by atoms with van der Waals surface area (Å²) in [6.07, 6.45) is -10.5. The topological polar surface area (TPSA) is 253 Å². The Labute approximate surface area is 327 Å². The van der Waals surface area contributed by atoms with Crippen LogP contribution in [0.1, 0.15) is 91.2 Å². The first-order valence-corrected chi connectivity index (χ1v) is 18.2. The van der Waals surface area contributed by atoms with Crippen LogP contribution >= 0.6 is 0 Å². The number of pyridine rings is 1. The Kier molecular flexibility index (Phi) is 11.5. The van der Waals surface area contributed by atoms with Gasteiger partial charge in [-0.15, -0.1) is 0 Å². The predicted octanol–water partition coefficient (Wildman–Crippen LogP) is 1.03. The summed E-state index contributed by atoms with van der Waals surface area (Å²) in [6, 6.07) is 2.89. The van der Waals surface area contributed by atoms with Gasteiger partial charge in [-0.25, -0.2) is 4.79 Å². The van der Waals surface area contributed by atoms with Crippen LogP contribution in [0.4, 0.5) is 0 Å². The smallest absolute Gasteiger partial charge is 0.340 e. The third kappa shape index (κ3) is 6.97. The van der Waals surface area contributed by atoms with E-state index in [1.54, 1.807) is 6.92 Å². The first kappa shape index (κ1) is 43.0. The molecule has 312 valence electrons. The van der Waals surface area contributed by atoms with Gasteiger partial charge in [0, 0.05) is 53.7 Å². The second-order valence-electron chi connectivity index (χ2n) is 15.3. The molecule has 3 fully saturated rings. The second-order valence-corrected chi connectivity index (χ2v) is 15.3. The van der Waals surface area contributed by atoms with Crippen molar-refractivity contribution in [3.63, 3.8) is 0 Å². The van der Waals surface area contributed by atoms with Crippen LogP contribution < -0.4 is 0 Å². The Morgan fingerprint density at radius 3 is 1.84 bits per heavy atom. The molecule has 0 unspecified atom stereocenters. The van der Waals surface area contributed by atoms with Crippen molar-refractivity contribution in [3.8, 4) is 0 Å². The normalized spacial score (nSPS) is 38.2. The van der Waals surface area contributed by atoms with Gasteiger partial charge in [-0.1, -0.05) is 13.8 Å². The van der Waals surface area contributed by atoms with E-state index in [4.69, 9.17) is 42.6 Å².